The Morgan fingerprint density at radius 2 is 1.60 bits per heavy atom. The third-order valence-electron chi connectivity index (χ3n) is 2.12. The lowest BCUT2D eigenvalue weighted by Crippen LogP contribution is -2.02. The van der Waals surface area contributed by atoms with Crippen molar-refractivity contribution >= 4 is 0 Å². The molecule has 0 fully saturated rings. The molecule has 2 nitrogen and oxygen atoms in total. The summed E-state index contributed by atoms with van der Waals surface area (Å²) in [5.41, 5.74) is 1.06. The molecule has 0 N–H and O–H groups in total. The van der Waals surface area contributed by atoms with Gasteiger partial charge in [-0.15, -0.1) is 0 Å². The van der Waals surface area contributed by atoms with Gasteiger partial charge < -0.3 is 9.47 Å². The van der Waals surface area contributed by atoms with E-state index in [1.54, 1.807) is 0 Å². The molecule has 0 bridgehead atoms. The Morgan fingerprint density at radius 3 is 1.93 bits per heavy atom. The maximum atomic E-state index is 5.57. The molecule has 0 heterocycles. The molecule has 83 valence electrons. The highest BCUT2D eigenvalue weighted by Crippen LogP contribution is 2.34. The van der Waals surface area contributed by atoms with Crippen molar-refractivity contribution in [2.24, 2.45) is 0 Å². The van der Waals surface area contributed by atoms with Gasteiger partial charge in [-0.25, -0.2) is 0 Å². The van der Waals surface area contributed by atoms with Crippen molar-refractivity contribution < 1.29 is 9.47 Å². The molecule has 0 spiro atoms. The molecule has 0 aliphatic rings. The zero-order chi connectivity index (χ0) is 11.3. The Balaban J connectivity index is 3.09. The molecule has 1 unspecified atom stereocenters. The van der Waals surface area contributed by atoms with Gasteiger partial charge in [0.2, 0.25) is 0 Å². The minimum Gasteiger partial charge on any atom is -0.493 e. The second kappa shape index (κ2) is 5.64. The standard InChI is InChI=1S/C13H19O2/c1-5-14-11-8-7-9-12(15-6-2)13(11)10(3)4/h7-10H,3,5-6H2,1-2,4H3. The summed E-state index contributed by atoms with van der Waals surface area (Å²) >= 11 is 0. The topological polar surface area (TPSA) is 18.5 Å². The van der Waals surface area contributed by atoms with E-state index >= 15 is 0 Å². The molecule has 1 rings (SSSR count). The molecule has 2 heteroatoms. The molecule has 15 heavy (non-hydrogen) atoms. The quantitative estimate of drug-likeness (QED) is 0.736. The van der Waals surface area contributed by atoms with E-state index in [0.29, 0.717) is 13.2 Å². The number of ether oxygens (including phenoxy) is 2. The first-order chi connectivity index (χ1) is 7.20. The van der Waals surface area contributed by atoms with E-state index in [1.807, 2.05) is 39.0 Å². The summed E-state index contributed by atoms with van der Waals surface area (Å²) < 4.78 is 11.1. The minimum atomic E-state index is 0.161. The Hall–Kier alpha value is -1.18. The summed E-state index contributed by atoms with van der Waals surface area (Å²) in [6.45, 7) is 11.4. The summed E-state index contributed by atoms with van der Waals surface area (Å²) in [6.07, 6.45) is 0. The number of rotatable bonds is 5. The maximum Gasteiger partial charge on any atom is 0.126 e. The fourth-order valence-corrected chi connectivity index (χ4v) is 1.57. The van der Waals surface area contributed by atoms with Crippen LogP contribution in [0.15, 0.2) is 18.2 Å². The smallest absolute Gasteiger partial charge is 0.126 e. The molecule has 0 aliphatic carbocycles. The number of hydrogen-bond donors (Lipinski definition) is 0. The van der Waals surface area contributed by atoms with Crippen molar-refractivity contribution in [1.82, 2.24) is 0 Å². The molecule has 0 amide bonds. The first-order valence-corrected chi connectivity index (χ1v) is 5.42. The Labute approximate surface area is 92.2 Å². The fraction of sp³-hybridized carbons (Fsp3) is 0.462. The molecule has 1 aromatic carbocycles. The SMILES string of the molecule is [CH2]C(C)c1c(OCC)cccc1OCC. The maximum absolute atomic E-state index is 5.57. The summed E-state index contributed by atoms with van der Waals surface area (Å²) in [5.74, 6) is 1.92. The molecule has 0 aliphatic heterocycles. The van der Waals surface area contributed by atoms with Gasteiger partial charge >= 0.3 is 0 Å². The monoisotopic (exact) mass is 207 g/mol. The minimum absolute atomic E-state index is 0.161. The van der Waals surface area contributed by atoms with Crippen molar-refractivity contribution in [2.45, 2.75) is 26.7 Å². The van der Waals surface area contributed by atoms with Gasteiger partial charge in [0.05, 0.1) is 13.2 Å². The zero-order valence-electron chi connectivity index (χ0n) is 9.75. The second-order valence-corrected chi connectivity index (χ2v) is 3.44. The Kier molecular flexibility index (Phi) is 4.47. The molecule has 1 radical (unpaired) electrons. The highest BCUT2D eigenvalue weighted by atomic mass is 16.5. The Morgan fingerprint density at radius 1 is 1.13 bits per heavy atom. The Bertz CT molecular complexity index is 281. The van der Waals surface area contributed by atoms with Gasteiger partial charge in [-0.3, -0.25) is 0 Å². The van der Waals surface area contributed by atoms with Crippen molar-refractivity contribution in [2.75, 3.05) is 13.2 Å². The molecule has 0 saturated carbocycles. The largest absolute Gasteiger partial charge is 0.493 e. The fourth-order valence-electron chi connectivity index (χ4n) is 1.57. The highest BCUT2D eigenvalue weighted by Gasteiger charge is 2.13. The third kappa shape index (κ3) is 2.88. The van der Waals surface area contributed by atoms with Crippen LogP contribution in [0.5, 0.6) is 11.5 Å². The van der Waals surface area contributed by atoms with Gasteiger partial charge in [-0.1, -0.05) is 13.0 Å². The van der Waals surface area contributed by atoms with Crippen LogP contribution in [0.4, 0.5) is 0 Å². The lowest BCUT2D eigenvalue weighted by molar-refractivity contribution is 0.315. The van der Waals surface area contributed by atoms with Crippen LogP contribution in [0.25, 0.3) is 0 Å². The summed E-state index contributed by atoms with van der Waals surface area (Å²) in [4.78, 5) is 0. The average molecular weight is 207 g/mol. The van der Waals surface area contributed by atoms with Crippen LogP contribution < -0.4 is 9.47 Å². The molecular formula is C13H19O2. The molecule has 0 saturated heterocycles. The molecular weight excluding hydrogens is 188 g/mol. The van der Waals surface area contributed by atoms with E-state index in [-0.39, 0.29) is 5.92 Å². The average Bonchev–Trinajstić information content (AvgIpc) is 2.18. The van der Waals surface area contributed by atoms with Gasteiger partial charge in [-0.05, 0) is 38.8 Å². The van der Waals surface area contributed by atoms with E-state index in [1.165, 1.54) is 0 Å². The summed E-state index contributed by atoms with van der Waals surface area (Å²) in [5, 5.41) is 0. The van der Waals surface area contributed by atoms with Crippen LogP contribution in [-0.2, 0) is 0 Å². The lowest BCUT2D eigenvalue weighted by Gasteiger charge is -2.17. The van der Waals surface area contributed by atoms with E-state index in [4.69, 9.17) is 9.47 Å². The third-order valence-corrected chi connectivity index (χ3v) is 2.12. The van der Waals surface area contributed by atoms with Gasteiger partial charge in [0, 0.05) is 5.56 Å². The predicted molar refractivity (Wildman–Crippen MR) is 62.6 cm³/mol. The van der Waals surface area contributed by atoms with E-state index in [0.717, 1.165) is 17.1 Å². The normalized spacial score (nSPS) is 10.5. The van der Waals surface area contributed by atoms with Crippen molar-refractivity contribution in [3.05, 3.63) is 30.7 Å². The highest BCUT2D eigenvalue weighted by molar-refractivity contribution is 5.47. The summed E-state index contributed by atoms with van der Waals surface area (Å²) in [6, 6.07) is 5.87. The zero-order valence-corrected chi connectivity index (χ0v) is 9.75. The van der Waals surface area contributed by atoms with Gasteiger partial charge in [-0.2, -0.15) is 0 Å². The van der Waals surface area contributed by atoms with E-state index in [2.05, 4.69) is 6.92 Å². The van der Waals surface area contributed by atoms with Crippen LogP contribution in [0.2, 0.25) is 0 Å². The van der Waals surface area contributed by atoms with Gasteiger partial charge in [0.1, 0.15) is 11.5 Å². The molecule has 0 aromatic heterocycles. The van der Waals surface area contributed by atoms with Gasteiger partial charge in [0.25, 0.3) is 0 Å². The first-order valence-electron chi connectivity index (χ1n) is 5.42. The predicted octanol–water partition coefficient (Wildman–Crippen LogP) is 3.42. The van der Waals surface area contributed by atoms with Crippen LogP contribution in [0, 0.1) is 6.92 Å². The van der Waals surface area contributed by atoms with Gasteiger partial charge in [0.15, 0.2) is 0 Å². The van der Waals surface area contributed by atoms with Crippen LogP contribution in [-0.4, -0.2) is 13.2 Å². The number of hydrogen-bond acceptors (Lipinski definition) is 2. The van der Waals surface area contributed by atoms with Crippen molar-refractivity contribution in [3.8, 4) is 11.5 Å². The van der Waals surface area contributed by atoms with E-state index < -0.39 is 0 Å². The van der Waals surface area contributed by atoms with Crippen LogP contribution >= 0.6 is 0 Å². The van der Waals surface area contributed by atoms with Crippen molar-refractivity contribution in [3.63, 3.8) is 0 Å². The number of benzene rings is 1. The van der Waals surface area contributed by atoms with E-state index in [9.17, 15) is 0 Å². The second-order valence-electron chi connectivity index (χ2n) is 3.44. The lowest BCUT2D eigenvalue weighted by atomic mass is 10.0. The van der Waals surface area contributed by atoms with Crippen LogP contribution in [0.1, 0.15) is 32.3 Å². The van der Waals surface area contributed by atoms with Crippen molar-refractivity contribution in [1.29, 1.82) is 0 Å². The molecule has 1 aromatic rings. The summed E-state index contributed by atoms with van der Waals surface area (Å²) in [7, 11) is 0. The molecule has 1 atom stereocenters. The van der Waals surface area contributed by atoms with Crippen LogP contribution in [0.3, 0.4) is 0 Å². The first kappa shape index (κ1) is 11.9.